The highest BCUT2D eigenvalue weighted by Crippen LogP contribution is 2.22. The second-order valence-electron chi connectivity index (χ2n) is 7.19. The standard InChI is InChI=1S/C7H11N.C7H14.C5H7NS.C4H6N2O.CH4/c1-3-7-5-4-6-8(7)2;1-7-5-3-2-4-6-7;1-2-5-6-3-4-7-5;1-2-4-5-3-7-6-4;/h4-6H,3H2,1-2H3;7H,2-6H2,1H3;3-4H,2H2,1H3;3H,2H2,1H3;1H4. The minimum absolute atomic E-state index is 0. The van der Waals surface area contributed by atoms with Crippen LogP contribution < -0.4 is 0 Å². The zero-order valence-corrected chi connectivity index (χ0v) is 19.6. The first-order valence-corrected chi connectivity index (χ1v) is 11.7. The molecule has 0 amide bonds. The summed E-state index contributed by atoms with van der Waals surface area (Å²) in [7, 11) is 2.07. The van der Waals surface area contributed by atoms with Crippen LogP contribution >= 0.6 is 11.3 Å². The van der Waals surface area contributed by atoms with Crippen molar-refractivity contribution in [2.45, 2.75) is 86.5 Å². The lowest BCUT2D eigenvalue weighted by Gasteiger charge is -2.15. The van der Waals surface area contributed by atoms with Gasteiger partial charge in [0.1, 0.15) is 0 Å². The Morgan fingerprint density at radius 1 is 1.07 bits per heavy atom. The molecule has 0 aliphatic heterocycles. The third-order valence-electron chi connectivity index (χ3n) is 4.82. The van der Waals surface area contributed by atoms with Crippen molar-refractivity contribution < 1.29 is 4.52 Å². The summed E-state index contributed by atoms with van der Waals surface area (Å²) in [5, 5.41) is 6.77. The molecule has 3 heterocycles. The van der Waals surface area contributed by atoms with Crippen LogP contribution in [0.15, 0.2) is 40.8 Å². The Morgan fingerprint density at radius 2 is 1.80 bits per heavy atom. The largest absolute Gasteiger partial charge is 0.354 e. The Bertz CT molecular complexity index is 667. The Balaban J connectivity index is 0.000000370. The first-order chi connectivity index (χ1) is 14.1. The summed E-state index contributed by atoms with van der Waals surface area (Å²) in [4.78, 5) is 7.81. The van der Waals surface area contributed by atoms with Crippen LogP contribution in [-0.2, 0) is 26.3 Å². The SMILES string of the molecule is C.CC1CCCCC1.CCc1cccn1C.CCc1nccs1.CCc1ncon1. The molecule has 3 aromatic rings. The molecule has 5 nitrogen and oxygen atoms in total. The van der Waals surface area contributed by atoms with E-state index in [0.717, 1.165) is 31.0 Å². The van der Waals surface area contributed by atoms with Crippen LogP contribution in [0.2, 0.25) is 0 Å². The Labute approximate surface area is 188 Å². The summed E-state index contributed by atoms with van der Waals surface area (Å²) in [6.45, 7) is 8.61. The highest BCUT2D eigenvalue weighted by atomic mass is 32.1. The van der Waals surface area contributed by atoms with Crippen molar-refractivity contribution >= 4 is 11.3 Å². The maximum Gasteiger partial charge on any atom is 0.213 e. The number of aryl methyl sites for hydroxylation is 4. The van der Waals surface area contributed by atoms with Gasteiger partial charge in [-0.2, -0.15) is 4.98 Å². The molecular weight excluding hydrogens is 392 g/mol. The average molecular weight is 435 g/mol. The van der Waals surface area contributed by atoms with E-state index in [1.165, 1.54) is 49.2 Å². The second kappa shape index (κ2) is 17.9. The van der Waals surface area contributed by atoms with E-state index >= 15 is 0 Å². The first kappa shape index (κ1) is 28.1. The Kier molecular flexibility index (Phi) is 16.7. The average Bonchev–Trinajstić information content (AvgIpc) is 3.52. The summed E-state index contributed by atoms with van der Waals surface area (Å²) in [5.74, 6) is 1.80. The summed E-state index contributed by atoms with van der Waals surface area (Å²) < 4.78 is 6.58. The van der Waals surface area contributed by atoms with Gasteiger partial charge in [-0.15, -0.1) is 11.3 Å². The Hall–Kier alpha value is -1.95. The van der Waals surface area contributed by atoms with Gasteiger partial charge in [0.05, 0.1) is 5.01 Å². The van der Waals surface area contributed by atoms with Crippen molar-refractivity contribution in [1.29, 1.82) is 0 Å². The summed E-state index contributed by atoms with van der Waals surface area (Å²) in [5.41, 5.74) is 1.39. The molecule has 6 heteroatoms. The zero-order chi connectivity index (χ0) is 21.3. The topological polar surface area (TPSA) is 56.7 Å². The first-order valence-electron chi connectivity index (χ1n) is 10.8. The molecular formula is C24H42N4OS. The summed E-state index contributed by atoms with van der Waals surface area (Å²) in [6, 6.07) is 4.21. The molecule has 0 bridgehead atoms. The zero-order valence-electron chi connectivity index (χ0n) is 18.8. The van der Waals surface area contributed by atoms with Crippen LogP contribution in [0.5, 0.6) is 0 Å². The molecule has 1 fully saturated rings. The fourth-order valence-corrected chi connectivity index (χ4v) is 3.51. The van der Waals surface area contributed by atoms with Crippen LogP contribution in [-0.4, -0.2) is 19.7 Å². The van der Waals surface area contributed by atoms with E-state index in [1.54, 1.807) is 11.3 Å². The smallest absolute Gasteiger partial charge is 0.213 e. The maximum absolute atomic E-state index is 4.44. The minimum Gasteiger partial charge on any atom is -0.354 e. The predicted molar refractivity (Wildman–Crippen MR) is 129 cm³/mol. The van der Waals surface area contributed by atoms with Gasteiger partial charge >= 0.3 is 0 Å². The van der Waals surface area contributed by atoms with Crippen molar-refractivity contribution in [3.8, 4) is 0 Å². The van der Waals surface area contributed by atoms with Crippen LogP contribution in [0.25, 0.3) is 0 Å². The van der Waals surface area contributed by atoms with Gasteiger partial charge in [-0.3, -0.25) is 0 Å². The van der Waals surface area contributed by atoms with Gasteiger partial charge in [0.25, 0.3) is 0 Å². The van der Waals surface area contributed by atoms with Gasteiger partial charge in [-0.1, -0.05) is 72.4 Å². The van der Waals surface area contributed by atoms with E-state index < -0.39 is 0 Å². The number of aromatic nitrogens is 4. The molecule has 0 N–H and O–H groups in total. The van der Waals surface area contributed by atoms with E-state index in [-0.39, 0.29) is 7.43 Å². The molecule has 0 radical (unpaired) electrons. The van der Waals surface area contributed by atoms with E-state index in [9.17, 15) is 0 Å². The van der Waals surface area contributed by atoms with E-state index in [0.29, 0.717) is 0 Å². The summed E-state index contributed by atoms with van der Waals surface area (Å²) >= 11 is 1.71. The lowest BCUT2D eigenvalue weighted by molar-refractivity contribution is 0.385. The number of thiazole rings is 1. The molecule has 0 aromatic carbocycles. The number of nitrogens with zero attached hydrogens (tertiary/aromatic N) is 4. The fraction of sp³-hybridized carbons (Fsp3) is 0.625. The third kappa shape index (κ3) is 12.6. The van der Waals surface area contributed by atoms with Crippen LogP contribution in [0.4, 0.5) is 0 Å². The number of rotatable bonds is 3. The van der Waals surface area contributed by atoms with E-state index in [4.69, 9.17) is 0 Å². The molecule has 0 unspecified atom stereocenters. The van der Waals surface area contributed by atoms with Crippen molar-refractivity contribution in [1.82, 2.24) is 19.7 Å². The van der Waals surface area contributed by atoms with Crippen molar-refractivity contribution in [3.63, 3.8) is 0 Å². The van der Waals surface area contributed by atoms with Gasteiger partial charge in [0.2, 0.25) is 6.39 Å². The van der Waals surface area contributed by atoms with Crippen molar-refractivity contribution in [2.24, 2.45) is 13.0 Å². The van der Waals surface area contributed by atoms with Crippen LogP contribution in [0.3, 0.4) is 0 Å². The highest BCUT2D eigenvalue weighted by molar-refractivity contribution is 7.09. The van der Waals surface area contributed by atoms with Crippen molar-refractivity contribution in [3.05, 3.63) is 52.8 Å². The molecule has 0 saturated heterocycles. The molecule has 0 atom stereocenters. The van der Waals surface area contributed by atoms with Crippen LogP contribution in [0, 0.1) is 5.92 Å². The fourth-order valence-electron chi connectivity index (χ4n) is 2.95. The lowest BCUT2D eigenvalue weighted by atomic mass is 9.91. The molecule has 1 aliphatic rings. The van der Waals surface area contributed by atoms with Crippen molar-refractivity contribution in [2.75, 3.05) is 0 Å². The Morgan fingerprint density at radius 3 is 2.07 bits per heavy atom. The van der Waals surface area contributed by atoms with E-state index in [1.807, 2.05) is 18.5 Å². The third-order valence-corrected chi connectivity index (χ3v) is 5.74. The predicted octanol–water partition coefficient (Wildman–Crippen LogP) is 7.15. The lowest BCUT2D eigenvalue weighted by Crippen LogP contribution is -1.99. The molecule has 3 aromatic heterocycles. The second-order valence-corrected chi connectivity index (χ2v) is 8.17. The van der Waals surface area contributed by atoms with Gasteiger partial charge in [-0.05, 0) is 30.9 Å². The molecule has 1 aliphatic carbocycles. The van der Waals surface area contributed by atoms with Gasteiger partial charge in [0, 0.05) is 36.9 Å². The van der Waals surface area contributed by atoms with E-state index in [2.05, 4.69) is 70.4 Å². The molecule has 30 heavy (non-hydrogen) atoms. The summed E-state index contributed by atoms with van der Waals surface area (Å²) in [6.07, 6.45) is 15.7. The molecule has 170 valence electrons. The van der Waals surface area contributed by atoms with Gasteiger partial charge in [-0.25, -0.2) is 4.98 Å². The van der Waals surface area contributed by atoms with Crippen LogP contribution in [0.1, 0.15) is 83.8 Å². The highest BCUT2D eigenvalue weighted by Gasteiger charge is 2.05. The quantitative estimate of drug-likeness (QED) is 0.439. The molecule has 0 spiro atoms. The number of hydrogen-bond donors (Lipinski definition) is 0. The minimum atomic E-state index is 0. The molecule has 4 rings (SSSR count). The normalized spacial score (nSPS) is 12.8. The molecule has 1 saturated carbocycles. The van der Waals surface area contributed by atoms with Gasteiger partial charge in [0.15, 0.2) is 5.82 Å². The number of hydrogen-bond acceptors (Lipinski definition) is 5. The monoisotopic (exact) mass is 434 g/mol. The van der Waals surface area contributed by atoms with Gasteiger partial charge < -0.3 is 9.09 Å². The maximum atomic E-state index is 4.44.